The van der Waals surface area contributed by atoms with Crippen molar-refractivity contribution in [3.05, 3.63) is 0 Å². The second-order valence-electron chi connectivity index (χ2n) is 1.56. The lowest BCUT2D eigenvalue weighted by Crippen LogP contribution is -2.23. The van der Waals surface area contributed by atoms with E-state index in [2.05, 4.69) is 9.47 Å². The van der Waals surface area contributed by atoms with Gasteiger partial charge in [-0.3, -0.25) is 9.47 Å². The SMILES string of the molecule is FC(F)OC(F)COC(F)(F)F. The van der Waals surface area contributed by atoms with E-state index in [1.807, 2.05) is 0 Å². The summed E-state index contributed by atoms with van der Waals surface area (Å²) < 4.78 is 73.3. The molecule has 74 valence electrons. The van der Waals surface area contributed by atoms with Gasteiger partial charge in [0.15, 0.2) is 0 Å². The van der Waals surface area contributed by atoms with Gasteiger partial charge in [0, 0.05) is 0 Å². The van der Waals surface area contributed by atoms with E-state index in [0.29, 0.717) is 0 Å². The zero-order valence-corrected chi connectivity index (χ0v) is 5.45. The van der Waals surface area contributed by atoms with Crippen LogP contribution >= 0.6 is 0 Å². The first kappa shape index (κ1) is 11.5. The second kappa shape index (κ2) is 4.51. The Morgan fingerprint density at radius 2 is 1.58 bits per heavy atom. The lowest BCUT2D eigenvalue weighted by Gasteiger charge is -2.10. The summed E-state index contributed by atoms with van der Waals surface area (Å²) in [4.78, 5) is 0. The molecule has 0 spiro atoms. The van der Waals surface area contributed by atoms with E-state index in [1.165, 1.54) is 0 Å². The van der Waals surface area contributed by atoms with Crippen molar-refractivity contribution in [3.8, 4) is 0 Å². The third-order valence-electron chi connectivity index (χ3n) is 0.629. The van der Waals surface area contributed by atoms with E-state index >= 15 is 0 Å². The average Bonchev–Trinajstić information content (AvgIpc) is 1.80. The van der Waals surface area contributed by atoms with Crippen LogP contribution in [0.2, 0.25) is 0 Å². The van der Waals surface area contributed by atoms with Crippen LogP contribution in [0.15, 0.2) is 0 Å². The van der Waals surface area contributed by atoms with Gasteiger partial charge in [-0.05, 0) is 0 Å². The molecule has 0 aromatic heterocycles. The molecule has 0 aromatic carbocycles. The molecule has 0 amide bonds. The van der Waals surface area contributed by atoms with Crippen molar-refractivity contribution in [1.82, 2.24) is 0 Å². The molecule has 0 aliphatic rings. The molecule has 0 aromatic rings. The van der Waals surface area contributed by atoms with E-state index in [-0.39, 0.29) is 0 Å². The van der Waals surface area contributed by atoms with Gasteiger partial charge < -0.3 is 0 Å². The number of halogens is 6. The van der Waals surface area contributed by atoms with Gasteiger partial charge in [-0.2, -0.15) is 8.78 Å². The number of hydrogen-bond donors (Lipinski definition) is 0. The molecule has 0 radical (unpaired) electrons. The monoisotopic (exact) mass is 198 g/mol. The maximum absolute atomic E-state index is 11.9. The lowest BCUT2D eigenvalue weighted by molar-refractivity contribution is -0.344. The molecular weight excluding hydrogens is 194 g/mol. The first-order chi connectivity index (χ1) is 5.31. The Balaban J connectivity index is 3.51. The molecule has 1 atom stereocenters. The highest BCUT2D eigenvalue weighted by Gasteiger charge is 2.31. The normalized spacial score (nSPS) is 15.2. The molecular formula is C4H4F6O2. The average molecular weight is 198 g/mol. The summed E-state index contributed by atoms with van der Waals surface area (Å²) in [7, 11) is 0. The number of rotatable bonds is 4. The van der Waals surface area contributed by atoms with Crippen LogP contribution in [0.4, 0.5) is 26.3 Å². The minimum Gasteiger partial charge on any atom is -0.286 e. The van der Waals surface area contributed by atoms with E-state index < -0.39 is 25.9 Å². The van der Waals surface area contributed by atoms with Crippen LogP contribution in [0.3, 0.4) is 0 Å². The first-order valence-electron chi connectivity index (χ1n) is 2.59. The van der Waals surface area contributed by atoms with Gasteiger partial charge in [0.1, 0.15) is 6.61 Å². The smallest absolute Gasteiger partial charge is 0.286 e. The fourth-order valence-electron chi connectivity index (χ4n) is 0.311. The van der Waals surface area contributed by atoms with Gasteiger partial charge >= 0.3 is 13.0 Å². The molecule has 0 heterocycles. The Hall–Kier alpha value is -0.500. The second-order valence-corrected chi connectivity index (χ2v) is 1.56. The molecule has 2 nitrogen and oxygen atoms in total. The fraction of sp³-hybridized carbons (Fsp3) is 1.00. The molecule has 8 heteroatoms. The summed E-state index contributed by atoms with van der Waals surface area (Å²) in [6.07, 6.45) is -7.83. The highest BCUT2D eigenvalue weighted by molar-refractivity contribution is 4.38. The maximum atomic E-state index is 11.9. The third-order valence-corrected chi connectivity index (χ3v) is 0.629. The van der Waals surface area contributed by atoms with Crippen LogP contribution in [0, 0.1) is 0 Å². The Morgan fingerprint density at radius 1 is 1.08 bits per heavy atom. The van der Waals surface area contributed by atoms with Crippen molar-refractivity contribution in [1.29, 1.82) is 0 Å². The van der Waals surface area contributed by atoms with E-state index in [9.17, 15) is 26.3 Å². The third kappa shape index (κ3) is 7.61. The predicted octanol–water partition coefficient (Wildman–Crippen LogP) is 2.06. The topological polar surface area (TPSA) is 18.5 Å². The van der Waals surface area contributed by atoms with Crippen LogP contribution < -0.4 is 0 Å². The largest absolute Gasteiger partial charge is 0.522 e. The van der Waals surface area contributed by atoms with Crippen molar-refractivity contribution in [2.45, 2.75) is 19.3 Å². The highest BCUT2D eigenvalue weighted by Crippen LogP contribution is 2.17. The molecule has 0 N–H and O–H groups in total. The molecule has 0 aliphatic carbocycles. The van der Waals surface area contributed by atoms with Crippen molar-refractivity contribution in [2.75, 3.05) is 6.61 Å². The first-order valence-corrected chi connectivity index (χ1v) is 2.59. The molecule has 12 heavy (non-hydrogen) atoms. The summed E-state index contributed by atoms with van der Waals surface area (Å²) in [6, 6.07) is 0. The number of hydrogen-bond acceptors (Lipinski definition) is 2. The molecule has 1 unspecified atom stereocenters. The minimum atomic E-state index is -5.05. The zero-order valence-electron chi connectivity index (χ0n) is 5.45. The van der Waals surface area contributed by atoms with E-state index in [0.717, 1.165) is 0 Å². The summed E-state index contributed by atoms with van der Waals surface area (Å²) >= 11 is 0. The van der Waals surface area contributed by atoms with Gasteiger partial charge in [-0.25, -0.2) is 4.39 Å². The van der Waals surface area contributed by atoms with Gasteiger partial charge in [-0.1, -0.05) is 0 Å². The number of ether oxygens (including phenoxy) is 2. The lowest BCUT2D eigenvalue weighted by atomic mass is 10.7. The maximum Gasteiger partial charge on any atom is 0.522 e. The molecule has 0 fully saturated rings. The van der Waals surface area contributed by atoms with Gasteiger partial charge in [0.2, 0.25) is 6.36 Å². The quantitative estimate of drug-likeness (QED) is 0.643. The standard InChI is InChI=1S/C4H4F6O2/c5-2(12-3(6)7)1-11-4(8,9)10/h2-3H,1H2. The molecule has 0 aliphatic heterocycles. The Kier molecular flexibility index (Phi) is 4.32. The van der Waals surface area contributed by atoms with Gasteiger partial charge in [-0.15, -0.1) is 13.2 Å². The summed E-state index contributed by atoms with van der Waals surface area (Å²) in [5, 5.41) is 0. The molecule has 0 rings (SSSR count). The summed E-state index contributed by atoms with van der Waals surface area (Å²) in [6.45, 7) is -5.06. The molecule has 0 saturated heterocycles. The van der Waals surface area contributed by atoms with Gasteiger partial charge in [0.25, 0.3) is 0 Å². The molecule has 0 bridgehead atoms. The van der Waals surface area contributed by atoms with Gasteiger partial charge in [0.05, 0.1) is 0 Å². The van der Waals surface area contributed by atoms with Crippen molar-refractivity contribution >= 4 is 0 Å². The van der Waals surface area contributed by atoms with Crippen LogP contribution in [0.25, 0.3) is 0 Å². The van der Waals surface area contributed by atoms with Crippen molar-refractivity contribution < 1.29 is 35.8 Å². The van der Waals surface area contributed by atoms with E-state index in [4.69, 9.17) is 0 Å². The Labute approximate surface area is 63.1 Å². The predicted molar refractivity (Wildman–Crippen MR) is 24.0 cm³/mol. The molecule has 0 saturated carbocycles. The summed E-state index contributed by atoms with van der Waals surface area (Å²) in [5.74, 6) is 0. The fourth-order valence-corrected chi connectivity index (χ4v) is 0.311. The van der Waals surface area contributed by atoms with Crippen molar-refractivity contribution in [3.63, 3.8) is 0 Å². The Bertz CT molecular complexity index is 123. The van der Waals surface area contributed by atoms with E-state index in [1.54, 1.807) is 0 Å². The van der Waals surface area contributed by atoms with Crippen LogP contribution in [0.1, 0.15) is 0 Å². The van der Waals surface area contributed by atoms with Crippen molar-refractivity contribution in [2.24, 2.45) is 0 Å². The zero-order chi connectivity index (χ0) is 9.78. The minimum absolute atomic E-state index is 1.60. The van der Waals surface area contributed by atoms with Crippen LogP contribution in [-0.2, 0) is 9.47 Å². The highest BCUT2D eigenvalue weighted by atomic mass is 19.4. The number of alkyl halides is 6. The van der Waals surface area contributed by atoms with Crippen LogP contribution in [-0.4, -0.2) is 25.9 Å². The summed E-state index contributed by atoms with van der Waals surface area (Å²) in [5.41, 5.74) is 0. The van der Waals surface area contributed by atoms with Crippen LogP contribution in [0.5, 0.6) is 0 Å². The Morgan fingerprint density at radius 3 is 1.92 bits per heavy atom.